The van der Waals surface area contributed by atoms with Gasteiger partial charge in [0.15, 0.2) is 5.78 Å². The van der Waals surface area contributed by atoms with E-state index in [9.17, 15) is 9.59 Å². The molecule has 82 valence electrons. The predicted octanol–water partition coefficient (Wildman–Crippen LogP) is 1.10. The third-order valence-corrected chi connectivity index (χ3v) is 2.48. The number of benzene rings is 1. The molecular weight excluding hydrogens is 206 g/mol. The molecule has 0 bridgehead atoms. The lowest BCUT2D eigenvalue weighted by Gasteiger charge is -2.07. The van der Waals surface area contributed by atoms with Crippen LogP contribution in [0.3, 0.4) is 0 Å². The first-order valence-electron chi connectivity index (χ1n) is 4.96. The number of rotatable bonds is 3. The van der Waals surface area contributed by atoms with Crippen molar-refractivity contribution >= 4 is 11.8 Å². The summed E-state index contributed by atoms with van der Waals surface area (Å²) in [5, 5.41) is 11.7. The maximum atomic E-state index is 11.9. The van der Waals surface area contributed by atoms with E-state index in [4.69, 9.17) is 5.11 Å². The molecule has 1 aliphatic rings. The average molecular weight is 217 g/mol. The summed E-state index contributed by atoms with van der Waals surface area (Å²) in [6.07, 6.45) is 3.71. The van der Waals surface area contributed by atoms with Crippen LogP contribution >= 0.6 is 0 Å². The molecule has 0 saturated heterocycles. The van der Waals surface area contributed by atoms with Crippen LogP contribution in [-0.4, -0.2) is 29.4 Å². The fourth-order valence-corrected chi connectivity index (χ4v) is 1.60. The minimum Gasteiger partial charge on any atom is -0.478 e. The number of Topliss-reactive ketones (excluding diaryl/α,β-unsaturated/α-hetero) is 1. The maximum Gasteiger partial charge on any atom is 0.335 e. The fraction of sp³-hybridized carbons (Fsp3) is 0.167. The Kier molecular flexibility index (Phi) is 2.83. The largest absolute Gasteiger partial charge is 0.478 e. The van der Waals surface area contributed by atoms with Crippen molar-refractivity contribution in [3.63, 3.8) is 0 Å². The van der Waals surface area contributed by atoms with E-state index < -0.39 is 5.97 Å². The van der Waals surface area contributed by atoms with Crippen LogP contribution in [0.1, 0.15) is 20.7 Å². The van der Waals surface area contributed by atoms with Gasteiger partial charge in [-0.1, -0.05) is 24.3 Å². The molecule has 0 aliphatic carbocycles. The van der Waals surface area contributed by atoms with Crippen LogP contribution in [0, 0.1) is 0 Å². The molecule has 0 spiro atoms. The van der Waals surface area contributed by atoms with Gasteiger partial charge in [0, 0.05) is 12.1 Å². The summed E-state index contributed by atoms with van der Waals surface area (Å²) in [7, 11) is 0. The smallest absolute Gasteiger partial charge is 0.335 e. The first-order valence-corrected chi connectivity index (χ1v) is 4.96. The molecule has 1 aliphatic heterocycles. The lowest BCUT2D eigenvalue weighted by atomic mass is 10.0. The van der Waals surface area contributed by atoms with E-state index in [0.717, 1.165) is 0 Å². The highest BCUT2D eigenvalue weighted by atomic mass is 16.4. The highest BCUT2D eigenvalue weighted by Crippen LogP contribution is 2.09. The van der Waals surface area contributed by atoms with Crippen molar-refractivity contribution in [1.82, 2.24) is 5.32 Å². The van der Waals surface area contributed by atoms with E-state index in [0.29, 0.717) is 12.1 Å². The van der Waals surface area contributed by atoms with E-state index in [1.807, 2.05) is 12.2 Å². The molecule has 1 aromatic carbocycles. The molecule has 4 heteroatoms. The van der Waals surface area contributed by atoms with Crippen LogP contribution in [0.2, 0.25) is 0 Å². The molecule has 0 amide bonds. The van der Waals surface area contributed by atoms with Crippen LogP contribution in [0.4, 0.5) is 0 Å². The summed E-state index contributed by atoms with van der Waals surface area (Å²) in [6.45, 7) is 0.698. The molecule has 0 aromatic heterocycles. The second kappa shape index (κ2) is 4.28. The predicted molar refractivity (Wildman–Crippen MR) is 58.7 cm³/mol. The Balaban J connectivity index is 2.18. The zero-order valence-corrected chi connectivity index (χ0v) is 8.51. The first-order chi connectivity index (χ1) is 7.68. The van der Waals surface area contributed by atoms with Crippen molar-refractivity contribution < 1.29 is 14.7 Å². The van der Waals surface area contributed by atoms with Gasteiger partial charge in [-0.05, 0) is 12.1 Å². The number of carboxylic acid groups (broad SMARTS) is 1. The van der Waals surface area contributed by atoms with Crippen molar-refractivity contribution in [2.45, 2.75) is 6.04 Å². The molecule has 0 radical (unpaired) electrons. The fourth-order valence-electron chi connectivity index (χ4n) is 1.60. The zero-order valence-electron chi connectivity index (χ0n) is 8.51. The molecule has 0 fully saturated rings. The molecular formula is C12H11NO3. The summed E-state index contributed by atoms with van der Waals surface area (Å²) in [5.41, 5.74) is 0.709. The number of ketones is 1. The van der Waals surface area contributed by atoms with Crippen LogP contribution in [-0.2, 0) is 0 Å². The number of hydrogen-bond donors (Lipinski definition) is 2. The molecule has 1 unspecified atom stereocenters. The SMILES string of the molecule is O=C(O)c1ccc(C(=O)C2C=CCN2)cc1. The van der Waals surface area contributed by atoms with Crippen molar-refractivity contribution in [2.75, 3.05) is 6.54 Å². The van der Waals surface area contributed by atoms with Gasteiger partial charge in [0.1, 0.15) is 0 Å². The number of carbonyl (C=O) groups is 2. The summed E-state index contributed by atoms with van der Waals surface area (Å²) >= 11 is 0. The standard InChI is InChI=1S/C12H11NO3/c14-11(10-2-1-7-13-10)8-3-5-9(6-4-8)12(15)16/h1-6,10,13H,7H2,(H,15,16). The Morgan fingerprint density at radius 3 is 2.31 bits per heavy atom. The van der Waals surface area contributed by atoms with Gasteiger partial charge in [0.05, 0.1) is 11.6 Å². The number of aromatic carboxylic acids is 1. The Labute approximate surface area is 92.6 Å². The summed E-state index contributed by atoms with van der Waals surface area (Å²) in [5.74, 6) is -1.02. The Bertz CT molecular complexity index is 448. The molecule has 2 N–H and O–H groups in total. The number of hydrogen-bond acceptors (Lipinski definition) is 3. The number of nitrogens with one attached hydrogen (secondary N) is 1. The van der Waals surface area contributed by atoms with E-state index in [1.165, 1.54) is 12.1 Å². The van der Waals surface area contributed by atoms with E-state index in [1.54, 1.807) is 12.1 Å². The summed E-state index contributed by atoms with van der Waals surface area (Å²) in [6, 6.07) is 5.68. The average Bonchev–Trinajstić information content (AvgIpc) is 2.81. The summed E-state index contributed by atoms with van der Waals surface area (Å²) in [4.78, 5) is 22.5. The van der Waals surface area contributed by atoms with Crippen LogP contribution in [0.25, 0.3) is 0 Å². The van der Waals surface area contributed by atoms with Gasteiger partial charge in [0.2, 0.25) is 0 Å². The molecule has 16 heavy (non-hydrogen) atoms. The number of carbonyl (C=O) groups excluding carboxylic acids is 1. The van der Waals surface area contributed by atoms with Crippen LogP contribution in [0.15, 0.2) is 36.4 Å². The van der Waals surface area contributed by atoms with Gasteiger partial charge >= 0.3 is 5.97 Å². The van der Waals surface area contributed by atoms with Crippen molar-refractivity contribution in [2.24, 2.45) is 0 Å². The molecule has 2 rings (SSSR count). The molecule has 1 aromatic rings. The van der Waals surface area contributed by atoms with Gasteiger partial charge in [-0.3, -0.25) is 4.79 Å². The summed E-state index contributed by atoms with van der Waals surface area (Å²) < 4.78 is 0. The Morgan fingerprint density at radius 2 is 1.81 bits per heavy atom. The zero-order chi connectivity index (χ0) is 11.5. The lowest BCUT2D eigenvalue weighted by molar-refractivity contribution is 0.0696. The van der Waals surface area contributed by atoms with Crippen molar-refractivity contribution in [3.05, 3.63) is 47.5 Å². The highest BCUT2D eigenvalue weighted by molar-refractivity contribution is 6.02. The Morgan fingerprint density at radius 1 is 1.19 bits per heavy atom. The molecule has 0 saturated carbocycles. The third kappa shape index (κ3) is 2.01. The van der Waals surface area contributed by atoms with Gasteiger partial charge in [-0.2, -0.15) is 0 Å². The van der Waals surface area contributed by atoms with Crippen molar-refractivity contribution in [3.8, 4) is 0 Å². The topological polar surface area (TPSA) is 66.4 Å². The van der Waals surface area contributed by atoms with Crippen molar-refractivity contribution in [1.29, 1.82) is 0 Å². The normalized spacial score (nSPS) is 18.6. The lowest BCUT2D eigenvalue weighted by Crippen LogP contribution is -2.31. The van der Waals surface area contributed by atoms with Gasteiger partial charge in [0.25, 0.3) is 0 Å². The second-order valence-corrected chi connectivity index (χ2v) is 3.56. The van der Waals surface area contributed by atoms with E-state index in [-0.39, 0.29) is 17.4 Å². The first kappa shape index (κ1) is 10.6. The molecule has 4 nitrogen and oxygen atoms in total. The van der Waals surface area contributed by atoms with E-state index >= 15 is 0 Å². The second-order valence-electron chi connectivity index (χ2n) is 3.56. The third-order valence-electron chi connectivity index (χ3n) is 2.48. The van der Waals surface area contributed by atoms with Gasteiger partial charge in [-0.25, -0.2) is 4.79 Å². The molecule has 1 heterocycles. The van der Waals surface area contributed by atoms with Gasteiger partial charge in [-0.15, -0.1) is 0 Å². The quantitative estimate of drug-likeness (QED) is 0.587. The monoisotopic (exact) mass is 217 g/mol. The van der Waals surface area contributed by atoms with Crippen LogP contribution in [0.5, 0.6) is 0 Å². The van der Waals surface area contributed by atoms with Gasteiger partial charge < -0.3 is 10.4 Å². The maximum absolute atomic E-state index is 11.9. The van der Waals surface area contributed by atoms with Crippen LogP contribution < -0.4 is 5.32 Å². The minimum atomic E-state index is -0.988. The minimum absolute atomic E-state index is 0.0364. The highest BCUT2D eigenvalue weighted by Gasteiger charge is 2.19. The number of carboxylic acids is 1. The van der Waals surface area contributed by atoms with E-state index in [2.05, 4.69) is 5.32 Å². The molecule has 1 atom stereocenters. The Hall–Kier alpha value is -1.94.